The Morgan fingerprint density at radius 3 is 2.57 bits per heavy atom. The highest BCUT2D eigenvalue weighted by Gasteiger charge is 2.17. The first-order valence-electron chi connectivity index (χ1n) is 10.4. The average molecular weight is 445 g/mol. The summed E-state index contributed by atoms with van der Waals surface area (Å²) in [4.78, 5) is 3.50. The van der Waals surface area contributed by atoms with E-state index in [0.717, 1.165) is 28.0 Å². The fourth-order valence-electron chi connectivity index (χ4n) is 3.60. The highest BCUT2D eigenvalue weighted by Crippen LogP contribution is 2.23. The molecule has 4 nitrogen and oxygen atoms in total. The molecule has 3 N–H and O–H groups in total. The van der Waals surface area contributed by atoms with Crippen molar-refractivity contribution in [2.75, 3.05) is 5.32 Å². The van der Waals surface area contributed by atoms with Crippen molar-refractivity contribution in [2.24, 2.45) is 0 Å². The summed E-state index contributed by atoms with van der Waals surface area (Å²) in [5, 5.41) is 13.6. The van der Waals surface area contributed by atoms with Crippen molar-refractivity contribution >= 4 is 32.9 Å². The van der Waals surface area contributed by atoms with E-state index in [4.69, 9.17) is 0 Å². The van der Waals surface area contributed by atoms with Gasteiger partial charge in [-0.15, -0.1) is 0 Å². The largest absolute Gasteiger partial charge is 0.508 e. The zero-order valence-electron chi connectivity index (χ0n) is 16.7. The summed E-state index contributed by atoms with van der Waals surface area (Å²) in [6.07, 6.45) is 9.12. The van der Waals surface area contributed by atoms with Crippen LogP contribution >= 0.6 is 15.9 Å². The van der Waals surface area contributed by atoms with Crippen LogP contribution in [0.3, 0.4) is 0 Å². The smallest absolute Gasteiger partial charge is 0.356 e. The molecule has 3 aromatic rings. The normalized spacial score (nSPS) is 11.2. The minimum atomic E-state index is 0.311. The van der Waals surface area contributed by atoms with Crippen LogP contribution in [0.2, 0.25) is 0 Å². The van der Waals surface area contributed by atoms with Gasteiger partial charge in [0.1, 0.15) is 16.8 Å². The van der Waals surface area contributed by atoms with Gasteiger partial charge in [0.05, 0.1) is 13.1 Å². The average Bonchev–Trinajstić information content (AvgIpc) is 3.05. The Balaban J connectivity index is 1.66. The number of nitrogens with zero attached hydrogens (tertiary/aromatic N) is 1. The Hall–Kier alpha value is -2.01. The second-order valence-electron chi connectivity index (χ2n) is 7.39. The number of aromatic nitrogens is 2. The fourth-order valence-corrected chi connectivity index (χ4v) is 4.01. The molecule has 0 radical (unpaired) electrons. The van der Waals surface area contributed by atoms with Crippen LogP contribution in [0.25, 0.3) is 11.0 Å². The molecule has 0 fully saturated rings. The molecule has 0 unspecified atom stereocenters. The van der Waals surface area contributed by atoms with E-state index in [1.54, 1.807) is 6.07 Å². The third kappa shape index (κ3) is 5.51. The standard InChI is InChI=1S/C23H30BrN3O/c1-2-3-4-5-6-7-10-15-27-21-12-9-8-11-20(21)26-23(27)25-17-18-16-19(24)13-14-22(18)28/h8-9,11-14,16H,2-7,10,15,17H2,1H3,(H2,25,26,28)/p+1. The van der Waals surface area contributed by atoms with Gasteiger partial charge in [-0.05, 0) is 36.8 Å². The second kappa shape index (κ2) is 10.5. The number of para-hydroxylation sites is 2. The summed E-state index contributed by atoms with van der Waals surface area (Å²) in [5.74, 6) is 1.30. The molecule has 2 aromatic carbocycles. The molecular formula is C23H31BrN3O+. The molecule has 5 heteroatoms. The number of aromatic amines is 1. The lowest BCUT2D eigenvalue weighted by Crippen LogP contribution is -2.36. The molecule has 0 bridgehead atoms. The number of hydrogen-bond acceptors (Lipinski definition) is 2. The molecule has 0 aliphatic rings. The molecular weight excluding hydrogens is 414 g/mol. The summed E-state index contributed by atoms with van der Waals surface area (Å²) in [7, 11) is 0. The zero-order valence-corrected chi connectivity index (χ0v) is 18.3. The number of aryl methyl sites for hydroxylation is 1. The van der Waals surface area contributed by atoms with Crippen LogP contribution in [-0.2, 0) is 13.1 Å². The lowest BCUT2D eigenvalue weighted by Gasteiger charge is -2.07. The highest BCUT2D eigenvalue weighted by atomic mass is 79.9. The van der Waals surface area contributed by atoms with Crippen LogP contribution in [-0.4, -0.2) is 10.1 Å². The maximum absolute atomic E-state index is 10.1. The number of H-pyrrole nitrogens is 1. The van der Waals surface area contributed by atoms with Gasteiger partial charge >= 0.3 is 5.95 Å². The maximum Gasteiger partial charge on any atom is 0.356 e. The molecule has 0 aliphatic carbocycles. The first-order valence-corrected chi connectivity index (χ1v) is 11.2. The molecule has 0 saturated heterocycles. The van der Waals surface area contributed by atoms with E-state index in [9.17, 15) is 5.11 Å². The van der Waals surface area contributed by atoms with Gasteiger partial charge in [0.25, 0.3) is 0 Å². The summed E-state index contributed by atoms with van der Waals surface area (Å²) in [6, 6.07) is 13.9. The van der Waals surface area contributed by atoms with Gasteiger partial charge in [0.2, 0.25) is 0 Å². The van der Waals surface area contributed by atoms with Gasteiger partial charge in [-0.2, -0.15) is 0 Å². The number of phenols is 1. The first-order chi connectivity index (χ1) is 13.7. The van der Waals surface area contributed by atoms with E-state index in [1.807, 2.05) is 12.1 Å². The lowest BCUT2D eigenvalue weighted by atomic mass is 10.1. The Bertz CT molecular complexity index is 891. The number of aromatic hydroxyl groups is 1. The summed E-state index contributed by atoms with van der Waals surface area (Å²) in [6.45, 7) is 3.82. The predicted molar refractivity (Wildman–Crippen MR) is 120 cm³/mol. The topological polar surface area (TPSA) is 51.9 Å². The molecule has 0 spiro atoms. The van der Waals surface area contributed by atoms with Gasteiger partial charge in [-0.1, -0.05) is 73.5 Å². The molecule has 0 amide bonds. The molecule has 3 rings (SSSR count). The van der Waals surface area contributed by atoms with Gasteiger partial charge in [-0.25, -0.2) is 9.55 Å². The number of halogens is 1. The van der Waals surface area contributed by atoms with Crippen LogP contribution < -0.4 is 9.88 Å². The van der Waals surface area contributed by atoms with Gasteiger partial charge < -0.3 is 5.11 Å². The monoisotopic (exact) mass is 444 g/mol. The number of rotatable bonds is 11. The third-order valence-electron chi connectivity index (χ3n) is 5.19. The molecule has 28 heavy (non-hydrogen) atoms. The van der Waals surface area contributed by atoms with E-state index in [-0.39, 0.29) is 0 Å². The number of imidazole rings is 1. The molecule has 1 aromatic heterocycles. The second-order valence-corrected chi connectivity index (χ2v) is 8.31. The van der Waals surface area contributed by atoms with Gasteiger partial charge in [-0.3, -0.25) is 5.32 Å². The van der Waals surface area contributed by atoms with Crippen molar-refractivity contribution < 1.29 is 9.67 Å². The molecule has 0 aliphatic heterocycles. The van der Waals surface area contributed by atoms with E-state index in [2.05, 4.69) is 62.0 Å². The maximum atomic E-state index is 10.1. The van der Waals surface area contributed by atoms with Crippen LogP contribution in [0.4, 0.5) is 5.95 Å². The van der Waals surface area contributed by atoms with E-state index in [1.165, 1.54) is 50.5 Å². The van der Waals surface area contributed by atoms with Gasteiger partial charge in [0, 0.05) is 10.0 Å². The number of hydrogen-bond donors (Lipinski definition) is 3. The first kappa shape index (κ1) is 20.7. The number of fused-ring (bicyclic) bond motifs is 1. The van der Waals surface area contributed by atoms with E-state index in [0.29, 0.717) is 12.3 Å². The SMILES string of the molecule is CCCCCCCCC[n+]1c(NCc2cc(Br)ccc2O)[nH]c2ccccc21. The number of phenolic OH excluding ortho intramolecular Hbond substituents is 1. The minimum absolute atomic E-state index is 0.311. The number of anilines is 1. The Labute approximate surface area is 176 Å². The molecule has 150 valence electrons. The van der Waals surface area contributed by atoms with Crippen molar-refractivity contribution in [3.63, 3.8) is 0 Å². The number of benzene rings is 2. The van der Waals surface area contributed by atoms with Gasteiger partial charge in [0.15, 0.2) is 0 Å². The molecule has 0 saturated carbocycles. The van der Waals surface area contributed by atoms with Crippen molar-refractivity contribution in [1.82, 2.24) is 4.98 Å². The van der Waals surface area contributed by atoms with E-state index >= 15 is 0 Å². The van der Waals surface area contributed by atoms with Crippen LogP contribution in [0.5, 0.6) is 5.75 Å². The zero-order chi connectivity index (χ0) is 19.8. The summed E-state index contributed by atoms with van der Waals surface area (Å²) in [5.41, 5.74) is 3.22. The Morgan fingerprint density at radius 1 is 1.00 bits per heavy atom. The van der Waals surface area contributed by atoms with Crippen LogP contribution in [0.15, 0.2) is 46.9 Å². The third-order valence-corrected chi connectivity index (χ3v) is 5.68. The van der Waals surface area contributed by atoms with Crippen molar-refractivity contribution in [1.29, 1.82) is 0 Å². The van der Waals surface area contributed by atoms with Crippen molar-refractivity contribution in [3.05, 3.63) is 52.5 Å². The minimum Gasteiger partial charge on any atom is -0.508 e. The number of nitrogens with one attached hydrogen (secondary N) is 2. The van der Waals surface area contributed by atoms with Crippen molar-refractivity contribution in [2.45, 2.75) is 65.0 Å². The lowest BCUT2D eigenvalue weighted by molar-refractivity contribution is -0.657. The summed E-state index contributed by atoms with van der Waals surface area (Å²) >= 11 is 3.48. The Morgan fingerprint density at radius 2 is 1.75 bits per heavy atom. The highest BCUT2D eigenvalue weighted by molar-refractivity contribution is 9.10. The van der Waals surface area contributed by atoms with E-state index < -0.39 is 0 Å². The Kier molecular flexibility index (Phi) is 7.78. The predicted octanol–water partition coefficient (Wildman–Crippen LogP) is 6.29. The quantitative estimate of drug-likeness (QED) is 0.240. The van der Waals surface area contributed by atoms with Crippen molar-refractivity contribution in [3.8, 4) is 5.75 Å². The molecule has 0 atom stereocenters. The fraction of sp³-hybridized carbons (Fsp3) is 0.435. The van der Waals surface area contributed by atoms with Crippen LogP contribution in [0.1, 0.15) is 57.4 Å². The summed E-state index contributed by atoms with van der Waals surface area (Å²) < 4.78 is 3.30. The number of unbranched alkanes of at least 4 members (excludes halogenated alkanes) is 6. The van der Waals surface area contributed by atoms with Crippen LogP contribution in [0, 0.1) is 0 Å². The molecule has 1 heterocycles.